The van der Waals surface area contributed by atoms with Crippen LogP contribution < -0.4 is 9.46 Å². The standard InChI is InChI=1S/C17H14BrN3O3S/c1-24-15-8-7-13(18)9-16(15)25(22,23)21-14-10-19-17(20-11-14)12-5-3-2-4-6-12/h2-11,21H,1H3. The summed E-state index contributed by atoms with van der Waals surface area (Å²) in [6.07, 6.45) is 2.86. The van der Waals surface area contributed by atoms with Crippen LogP contribution in [0.3, 0.4) is 0 Å². The van der Waals surface area contributed by atoms with Crippen LogP contribution in [0.2, 0.25) is 0 Å². The first kappa shape index (κ1) is 17.4. The average molecular weight is 420 g/mol. The summed E-state index contributed by atoms with van der Waals surface area (Å²) < 4.78 is 33.5. The van der Waals surface area contributed by atoms with Gasteiger partial charge in [0.05, 0.1) is 25.2 Å². The number of ether oxygens (including phenoxy) is 1. The lowest BCUT2D eigenvalue weighted by molar-refractivity contribution is 0.403. The molecule has 1 N–H and O–H groups in total. The van der Waals surface area contributed by atoms with E-state index in [0.29, 0.717) is 10.3 Å². The predicted molar refractivity (Wildman–Crippen MR) is 99.0 cm³/mol. The molecule has 0 spiro atoms. The molecule has 3 rings (SSSR count). The zero-order chi connectivity index (χ0) is 17.9. The van der Waals surface area contributed by atoms with E-state index in [1.165, 1.54) is 25.6 Å². The highest BCUT2D eigenvalue weighted by Crippen LogP contribution is 2.28. The van der Waals surface area contributed by atoms with Crippen molar-refractivity contribution in [2.45, 2.75) is 4.90 Å². The Hall–Kier alpha value is -2.45. The molecule has 0 unspecified atom stereocenters. The minimum atomic E-state index is -3.84. The Bertz CT molecular complexity index is 978. The van der Waals surface area contributed by atoms with Gasteiger partial charge in [0.1, 0.15) is 10.6 Å². The van der Waals surface area contributed by atoms with Crippen molar-refractivity contribution in [3.8, 4) is 17.1 Å². The van der Waals surface area contributed by atoms with Gasteiger partial charge in [0.15, 0.2) is 5.82 Å². The van der Waals surface area contributed by atoms with Crippen molar-refractivity contribution < 1.29 is 13.2 Å². The van der Waals surface area contributed by atoms with Crippen LogP contribution in [-0.2, 0) is 10.0 Å². The Morgan fingerprint density at radius 3 is 2.36 bits per heavy atom. The third kappa shape index (κ3) is 3.97. The minimum Gasteiger partial charge on any atom is -0.495 e. The molecule has 0 radical (unpaired) electrons. The molecule has 0 amide bonds. The summed E-state index contributed by atoms with van der Waals surface area (Å²) in [6, 6.07) is 14.2. The zero-order valence-electron chi connectivity index (χ0n) is 13.2. The van der Waals surface area contributed by atoms with Gasteiger partial charge in [-0.25, -0.2) is 18.4 Å². The fourth-order valence-corrected chi connectivity index (χ4v) is 3.92. The van der Waals surface area contributed by atoms with Gasteiger partial charge in [-0.2, -0.15) is 0 Å². The molecule has 8 heteroatoms. The van der Waals surface area contributed by atoms with Gasteiger partial charge in [0.25, 0.3) is 10.0 Å². The van der Waals surface area contributed by atoms with Gasteiger partial charge in [-0.15, -0.1) is 0 Å². The number of hydrogen-bond donors (Lipinski definition) is 1. The monoisotopic (exact) mass is 419 g/mol. The van der Waals surface area contributed by atoms with Crippen molar-refractivity contribution in [2.24, 2.45) is 0 Å². The normalized spacial score (nSPS) is 11.1. The molecule has 6 nitrogen and oxygen atoms in total. The molecule has 0 aliphatic rings. The van der Waals surface area contributed by atoms with Crippen LogP contribution in [-0.4, -0.2) is 25.5 Å². The number of nitrogens with one attached hydrogen (secondary N) is 1. The van der Waals surface area contributed by atoms with Crippen LogP contribution in [0.4, 0.5) is 5.69 Å². The lowest BCUT2D eigenvalue weighted by atomic mass is 10.2. The van der Waals surface area contributed by atoms with E-state index in [1.54, 1.807) is 12.1 Å². The third-order valence-electron chi connectivity index (χ3n) is 3.35. The number of hydrogen-bond acceptors (Lipinski definition) is 5. The molecule has 0 atom stereocenters. The quantitative estimate of drug-likeness (QED) is 0.681. The molecule has 2 aromatic carbocycles. The molecule has 128 valence electrons. The van der Waals surface area contributed by atoms with Crippen molar-refractivity contribution in [3.63, 3.8) is 0 Å². The third-order valence-corrected chi connectivity index (χ3v) is 5.25. The highest BCUT2D eigenvalue weighted by Gasteiger charge is 2.20. The van der Waals surface area contributed by atoms with E-state index >= 15 is 0 Å². The zero-order valence-corrected chi connectivity index (χ0v) is 15.6. The lowest BCUT2D eigenvalue weighted by Crippen LogP contribution is -2.14. The van der Waals surface area contributed by atoms with E-state index in [-0.39, 0.29) is 16.3 Å². The second-order valence-corrected chi connectivity index (χ2v) is 7.63. The van der Waals surface area contributed by atoms with Crippen LogP contribution >= 0.6 is 15.9 Å². The van der Waals surface area contributed by atoms with Crippen LogP contribution in [0, 0.1) is 0 Å². The van der Waals surface area contributed by atoms with E-state index < -0.39 is 10.0 Å². The van der Waals surface area contributed by atoms with Crippen molar-refractivity contribution >= 4 is 31.6 Å². The fourth-order valence-electron chi connectivity index (χ4n) is 2.19. The summed E-state index contributed by atoms with van der Waals surface area (Å²) in [7, 11) is -2.42. The van der Waals surface area contributed by atoms with Crippen molar-refractivity contribution in [1.29, 1.82) is 0 Å². The van der Waals surface area contributed by atoms with Crippen LogP contribution in [0.25, 0.3) is 11.4 Å². The number of methoxy groups -OCH3 is 1. The van der Waals surface area contributed by atoms with Gasteiger partial charge in [0.2, 0.25) is 0 Å². The van der Waals surface area contributed by atoms with E-state index in [1.807, 2.05) is 30.3 Å². The van der Waals surface area contributed by atoms with Crippen molar-refractivity contribution in [2.75, 3.05) is 11.8 Å². The Labute approximate surface area is 154 Å². The van der Waals surface area contributed by atoms with Gasteiger partial charge in [0, 0.05) is 10.0 Å². The molecule has 1 heterocycles. The number of rotatable bonds is 5. The maximum absolute atomic E-state index is 12.6. The first-order valence-electron chi connectivity index (χ1n) is 7.23. The smallest absolute Gasteiger partial charge is 0.265 e. The van der Waals surface area contributed by atoms with E-state index in [0.717, 1.165) is 5.56 Å². The SMILES string of the molecule is COc1ccc(Br)cc1S(=O)(=O)Nc1cnc(-c2ccccc2)nc1. The topological polar surface area (TPSA) is 81.2 Å². The first-order valence-corrected chi connectivity index (χ1v) is 9.51. The largest absolute Gasteiger partial charge is 0.495 e. The van der Waals surface area contributed by atoms with Gasteiger partial charge in [-0.05, 0) is 18.2 Å². The molecule has 0 aliphatic heterocycles. The Balaban J connectivity index is 1.88. The molecule has 0 aliphatic carbocycles. The van der Waals surface area contributed by atoms with Gasteiger partial charge < -0.3 is 4.74 Å². The van der Waals surface area contributed by atoms with Crippen LogP contribution in [0.1, 0.15) is 0 Å². The molecular weight excluding hydrogens is 406 g/mol. The summed E-state index contributed by atoms with van der Waals surface area (Å²) in [6.45, 7) is 0. The highest BCUT2D eigenvalue weighted by atomic mass is 79.9. The van der Waals surface area contributed by atoms with Gasteiger partial charge >= 0.3 is 0 Å². The molecule has 3 aromatic rings. The van der Waals surface area contributed by atoms with Gasteiger partial charge in [-0.1, -0.05) is 46.3 Å². The maximum atomic E-state index is 12.6. The molecule has 25 heavy (non-hydrogen) atoms. The molecule has 1 aromatic heterocycles. The minimum absolute atomic E-state index is 0.0245. The summed E-state index contributed by atoms with van der Waals surface area (Å²) in [5, 5.41) is 0. The number of benzene rings is 2. The lowest BCUT2D eigenvalue weighted by Gasteiger charge is -2.12. The number of aromatic nitrogens is 2. The molecular formula is C17H14BrN3O3S. The van der Waals surface area contributed by atoms with Crippen molar-refractivity contribution in [1.82, 2.24) is 9.97 Å². The Kier molecular flexibility index (Phi) is 5.00. The maximum Gasteiger partial charge on any atom is 0.265 e. The summed E-state index contributed by atoms with van der Waals surface area (Å²) >= 11 is 3.27. The Morgan fingerprint density at radius 2 is 1.72 bits per heavy atom. The second-order valence-electron chi connectivity index (χ2n) is 5.06. The average Bonchev–Trinajstić information content (AvgIpc) is 2.63. The van der Waals surface area contributed by atoms with Gasteiger partial charge in [-0.3, -0.25) is 4.72 Å². The Morgan fingerprint density at radius 1 is 1.04 bits per heavy atom. The molecule has 0 fully saturated rings. The second kappa shape index (κ2) is 7.20. The van der Waals surface area contributed by atoms with Crippen molar-refractivity contribution in [3.05, 3.63) is 65.4 Å². The summed E-state index contributed by atoms with van der Waals surface area (Å²) in [5.74, 6) is 0.765. The van der Waals surface area contributed by atoms with E-state index in [4.69, 9.17) is 4.74 Å². The number of halogens is 1. The number of anilines is 1. The van der Waals surface area contributed by atoms with Crippen LogP contribution in [0.5, 0.6) is 5.75 Å². The molecule has 0 saturated heterocycles. The number of sulfonamides is 1. The first-order chi connectivity index (χ1) is 12.0. The highest BCUT2D eigenvalue weighted by molar-refractivity contribution is 9.10. The summed E-state index contributed by atoms with van der Waals surface area (Å²) in [5.41, 5.74) is 1.12. The fraction of sp³-hybridized carbons (Fsp3) is 0.0588. The molecule has 0 saturated carbocycles. The number of nitrogens with zero attached hydrogens (tertiary/aromatic N) is 2. The van der Waals surface area contributed by atoms with Crippen LogP contribution in [0.15, 0.2) is 70.3 Å². The predicted octanol–water partition coefficient (Wildman–Crippen LogP) is 3.72. The summed E-state index contributed by atoms with van der Waals surface area (Å²) in [4.78, 5) is 8.44. The molecule has 0 bridgehead atoms. The van der Waals surface area contributed by atoms with E-state index in [9.17, 15) is 8.42 Å². The van der Waals surface area contributed by atoms with E-state index in [2.05, 4.69) is 30.6 Å².